The first kappa shape index (κ1) is 27.7. The van der Waals surface area contributed by atoms with E-state index in [0.717, 1.165) is 27.5 Å². The van der Waals surface area contributed by atoms with E-state index in [-0.39, 0.29) is 12.2 Å². The number of hydrogen-bond donors (Lipinski definition) is 0. The summed E-state index contributed by atoms with van der Waals surface area (Å²) < 4.78 is 13.5. The van der Waals surface area contributed by atoms with Gasteiger partial charge in [-0.3, -0.25) is 9.36 Å². The van der Waals surface area contributed by atoms with Crippen molar-refractivity contribution in [2.75, 3.05) is 6.61 Å². The van der Waals surface area contributed by atoms with Crippen molar-refractivity contribution in [1.29, 1.82) is 0 Å². The first-order chi connectivity index (χ1) is 20.4. The van der Waals surface area contributed by atoms with Gasteiger partial charge in [0.2, 0.25) is 0 Å². The van der Waals surface area contributed by atoms with Crippen LogP contribution < -0.4 is 19.6 Å². The Morgan fingerprint density at radius 1 is 1.00 bits per heavy atom. The number of carbonyl (C=O) groups is 1. The van der Waals surface area contributed by atoms with Crippen molar-refractivity contribution in [2.24, 2.45) is 4.99 Å². The average molecular weight is 595 g/mol. The molecular weight excluding hydrogens is 568 g/mol. The topological polar surface area (TPSA) is 69.9 Å². The quantitative estimate of drug-likeness (QED) is 0.211. The Morgan fingerprint density at radius 3 is 2.50 bits per heavy atom. The maximum Gasteiger partial charge on any atom is 0.338 e. The van der Waals surface area contributed by atoms with E-state index < -0.39 is 12.0 Å². The van der Waals surface area contributed by atoms with Crippen LogP contribution in [-0.4, -0.2) is 17.1 Å². The normalized spacial score (nSPS) is 14.9. The number of thiazole rings is 1. The molecule has 0 aliphatic carbocycles. The number of hydrogen-bond acceptors (Lipinski definition) is 6. The van der Waals surface area contributed by atoms with Gasteiger partial charge in [-0.05, 0) is 71.7 Å². The highest BCUT2D eigenvalue weighted by Gasteiger charge is 2.34. The summed E-state index contributed by atoms with van der Waals surface area (Å²) in [6.45, 7) is 4.21. The fraction of sp³-hybridized carbons (Fsp3) is 0.147. The van der Waals surface area contributed by atoms with Gasteiger partial charge in [0, 0.05) is 5.02 Å². The SMILES string of the molecule is CCOC(=O)C1=C(C)N=c2s/c(=C/c3ccc(OCc4ccc(Cl)cc4)cc3)c(=O)n2[C@@H]1c1cccc2ccccc12. The van der Waals surface area contributed by atoms with Gasteiger partial charge in [-0.2, -0.15) is 0 Å². The number of rotatable bonds is 7. The first-order valence-corrected chi connectivity index (χ1v) is 14.8. The van der Waals surface area contributed by atoms with Crippen molar-refractivity contribution in [3.8, 4) is 5.75 Å². The van der Waals surface area contributed by atoms with Gasteiger partial charge in [0.15, 0.2) is 4.80 Å². The molecule has 0 spiro atoms. The summed E-state index contributed by atoms with van der Waals surface area (Å²) >= 11 is 7.27. The molecule has 0 amide bonds. The van der Waals surface area contributed by atoms with Gasteiger partial charge in [-0.25, -0.2) is 9.79 Å². The highest BCUT2D eigenvalue weighted by atomic mass is 35.5. The summed E-state index contributed by atoms with van der Waals surface area (Å²) in [7, 11) is 0. The minimum absolute atomic E-state index is 0.214. The van der Waals surface area contributed by atoms with Gasteiger partial charge in [0.1, 0.15) is 12.4 Å². The lowest BCUT2D eigenvalue weighted by molar-refractivity contribution is -0.139. The van der Waals surface area contributed by atoms with E-state index in [1.54, 1.807) is 18.4 Å². The molecule has 1 aromatic heterocycles. The molecule has 4 aromatic carbocycles. The van der Waals surface area contributed by atoms with Crippen molar-refractivity contribution >= 4 is 45.8 Å². The molecule has 1 atom stereocenters. The summed E-state index contributed by atoms with van der Waals surface area (Å²) in [5, 5.41) is 2.67. The Morgan fingerprint density at radius 2 is 1.74 bits per heavy atom. The number of fused-ring (bicyclic) bond motifs is 2. The van der Waals surface area contributed by atoms with Gasteiger partial charge < -0.3 is 9.47 Å². The lowest BCUT2D eigenvalue weighted by Gasteiger charge is -2.25. The highest BCUT2D eigenvalue weighted by molar-refractivity contribution is 7.07. The van der Waals surface area contributed by atoms with E-state index in [0.29, 0.717) is 38.0 Å². The minimum atomic E-state index is -0.669. The molecule has 0 radical (unpaired) electrons. The number of aromatic nitrogens is 1. The Balaban J connectivity index is 1.39. The number of esters is 1. The molecule has 2 heterocycles. The maximum absolute atomic E-state index is 14.0. The summed E-state index contributed by atoms with van der Waals surface area (Å²) in [6, 6.07) is 28.3. The van der Waals surface area contributed by atoms with Gasteiger partial charge in [-0.1, -0.05) is 89.7 Å². The molecule has 5 aromatic rings. The summed E-state index contributed by atoms with van der Waals surface area (Å²) in [6.07, 6.45) is 1.84. The predicted octanol–water partition coefficient (Wildman–Crippen LogP) is 6.18. The van der Waals surface area contributed by atoms with Crippen LogP contribution >= 0.6 is 22.9 Å². The zero-order chi connectivity index (χ0) is 29.2. The second kappa shape index (κ2) is 11.8. The Labute approximate surface area is 251 Å². The van der Waals surface area contributed by atoms with Crippen LogP contribution in [0.2, 0.25) is 5.02 Å². The number of benzene rings is 4. The molecule has 0 saturated carbocycles. The highest BCUT2D eigenvalue weighted by Crippen LogP contribution is 2.34. The molecule has 0 bridgehead atoms. The third kappa shape index (κ3) is 5.41. The van der Waals surface area contributed by atoms with Crippen molar-refractivity contribution in [2.45, 2.75) is 26.5 Å². The Kier molecular flexibility index (Phi) is 7.78. The van der Waals surface area contributed by atoms with E-state index in [4.69, 9.17) is 26.1 Å². The van der Waals surface area contributed by atoms with Crippen LogP contribution in [0.25, 0.3) is 16.8 Å². The molecule has 6 rings (SSSR count). The molecule has 0 fully saturated rings. The molecule has 0 unspecified atom stereocenters. The molecule has 210 valence electrons. The van der Waals surface area contributed by atoms with E-state index in [9.17, 15) is 9.59 Å². The second-order valence-electron chi connectivity index (χ2n) is 9.85. The lowest BCUT2D eigenvalue weighted by atomic mass is 9.91. The van der Waals surface area contributed by atoms with Crippen molar-refractivity contribution in [3.63, 3.8) is 0 Å². The fourth-order valence-corrected chi connectivity index (χ4v) is 6.31. The zero-order valence-electron chi connectivity index (χ0n) is 23.0. The molecule has 6 nitrogen and oxygen atoms in total. The number of halogens is 1. The number of ether oxygens (including phenoxy) is 2. The largest absolute Gasteiger partial charge is 0.489 e. The lowest BCUT2D eigenvalue weighted by Crippen LogP contribution is -2.40. The average Bonchev–Trinajstić information content (AvgIpc) is 3.30. The molecule has 0 N–H and O–H groups in total. The smallest absolute Gasteiger partial charge is 0.338 e. The predicted molar refractivity (Wildman–Crippen MR) is 167 cm³/mol. The maximum atomic E-state index is 14.0. The van der Waals surface area contributed by atoms with Crippen LogP contribution in [0.15, 0.2) is 112 Å². The van der Waals surface area contributed by atoms with E-state index >= 15 is 0 Å². The van der Waals surface area contributed by atoms with Crippen LogP contribution in [0.3, 0.4) is 0 Å². The summed E-state index contributed by atoms with van der Waals surface area (Å²) in [5.74, 6) is 0.245. The number of allylic oxidation sites excluding steroid dienone is 1. The number of nitrogens with zero attached hydrogens (tertiary/aromatic N) is 2. The Bertz CT molecular complexity index is 2000. The van der Waals surface area contributed by atoms with Crippen LogP contribution in [-0.2, 0) is 16.1 Å². The summed E-state index contributed by atoms with van der Waals surface area (Å²) in [5.41, 5.74) is 3.41. The molecule has 0 saturated heterocycles. The van der Waals surface area contributed by atoms with Crippen LogP contribution in [0.4, 0.5) is 0 Å². The third-order valence-corrected chi connectivity index (χ3v) is 8.37. The van der Waals surface area contributed by atoms with Gasteiger partial charge in [-0.15, -0.1) is 0 Å². The summed E-state index contributed by atoms with van der Waals surface area (Å²) in [4.78, 5) is 32.5. The van der Waals surface area contributed by atoms with Crippen molar-refractivity contribution < 1.29 is 14.3 Å². The number of carbonyl (C=O) groups excluding carboxylic acids is 1. The fourth-order valence-electron chi connectivity index (χ4n) is 5.13. The molecule has 1 aliphatic heterocycles. The minimum Gasteiger partial charge on any atom is -0.489 e. The monoisotopic (exact) mass is 594 g/mol. The van der Waals surface area contributed by atoms with Crippen LogP contribution in [0, 0.1) is 0 Å². The van der Waals surface area contributed by atoms with Gasteiger partial charge in [0.05, 0.1) is 28.5 Å². The zero-order valence-corrected chi connectivity index (χ0v) is 24.6. The molecule has 1 aliphatic rings. The van der Waals surface area contributed by atoms with Gasteiger partial charge in [0.25, 0.3) is 5.56 Å². The molecule has 8 heteroatoms. The van der Waals surface area contributed by atoms with Crippen molar-refractivity contribution in [3.05, 3.63) is 144 Å². The Hall–Kier alpha value is -4.46. The van der Waals surface area contributed by atoms with E-state index in [1.807, 2.05) is 97.1 Å². The van der Waals surface area contributed by atoms with Crippen LogP contribution in [0.1, 0.15) is 36.6 Å². The molecular formula is C34H27ClN2O4S. The first-order valence-electron chi connectivity index (χ1n) is 13.6. The van der Waals surface area contributed by atoms with Gasteiger partial charge >= 0.3 is 5.97 Å². The van der Waals surface area contributed by atoms with Crippen LogP contribution in [0.5, 0.6) is 5.75 Å². The third-order valence-electron chi connectivity index (χ3n) is 7.13. The standard InChI is InChI=1S/C34H27ClN2O4S/c1-3-40-33(39)30-21(2)36-34-37(31(30)28-10-6-8-24-7-4-5-9-27(24)28)32(38)29(42-34)19-22-13-17-26(18-14-22)41-20-23-11-15-25(35)16-12-23/h4-19,31H,3,20H2,1-2H3/b29-19+/t31-/m1/s1. The second-order valence-corrected chi connectivity index (χ2v) is 11.3. The van der Waals surface area contributed by atoms with E-state index in [2.05, 4.69) is 0 Å². The van der Waals surface area contributed by atoms with E-state index in [1.165, 1.54) is 11.3 Å². The van der Waals surface area contributed by atoms with Crippen molar-refractivity contribution in [1.82, 2.24) is 4.57 Å². The molecule has 42 heavy (non-hydrogen) atoms.